The monoisotopic (exact) mass is 230 g/mol. The molecule has 0 unspecified atom stereocenters. The Balaban J connectivity index is 2.98. The molecule has 0 amide bonds. The molecule has 0 fully saturated rings. The molecule has 0 aliphatic rings. The second kappa shape index (κ2) is 3.33. The zero-order chi connectivity index (χ0) is 10.3. The Hall–Kier alpha value is -0.930. The minimum Gasteiger partial charge on any atom is -0.233 e. The van der Waals surface area contributed by atoms with Crippen molar-refractivity contribution in [3.63, 3.8) is 0 Å². The summed E-state index contributed by atoms with van der Waals surface area (Å²) >= 11 is 11.5. The Morgan fingerprint density at radius 1 is 1.29 bits per heavy atom. The number of aryl methyl sites for hydroxylation is 1. The van der Waals surface area contributed by atoms with E-state index in [1.807, 2.05) is 0 Å². The van der Waals surface area contributed by atoms with E-state index >= 15 is 0 Å². The van der Waals surface area contributed by atoms with E-state index in [-0.39, 0.29) is 15.7 Å². The Morgan fingerprint density at radius 3 is 2.71 bits per heavy atom. The van der Waals surface area contributed by atoms with Crippen molar-refractivity contribution in [3.05, 3.63) is 34.0 Å². The van der Waals surface area contributed by atoms with Gasteiger partial charge in [0, 0.05) is 5.39 Å². The first-order valence-electron chi connectivity index (χ1n) is 3.86. The Labute approximate surface area is 89.7 Å². The molecule has 2 rings (SSSR count). The molecule has 0 N–H and O–H groups in total. The first-order chi connectivity index (χ1) is 6.61. The number of benzene rings is 1. The van der Waals surface area contributed by atoms with E-state index in [0.29, 0.717) is 10.9 Å². The van der Waals surface area contributed by atoms with Crippen LogP contribution in [0.3, 0.4) is 0 Å². The summed E-state index contributed by atoms with van der Waals surface area (Å²) in [5.41, 5.74) is 0.772. The van der Waals surface area contributed by atoms with Gasteiger partial charge in [0.25, 0.3) is 0 Å². The largest absolute Gasteiger partial charge is 0.233 e. The molecular weight excluding hydrogens is 226 g/mol. The number of fused-ring (bicyclic) bond motifs is 1. The van der Waals surface area contributed by atoms with Gasteiger partial charge in [0.15, 0.2) is 5.82 Å². The van der Waals surface area contributed by atoms with Gasteiger partial charge in [-0.15, -0.1) is 0 Å². The smallest absolute Gasteiger partial charge is 0.168 e. The van der Waals surface area contributed by atoms with Gasteiger partial charge in [-0.2, -0.15) is 0 Å². The standard InChI is InChI=1S/C9H5Cl2FN2/c1-4-2-5-8(7(12)6(4)10)13-3-14-9(5)11/h2-3H,1H3. The SMILES string of the molecule is Cc1cc2c(Cl)ncnc2c(F)c1Cl. The Morgan fingerprint density at radius 2 is 2.00 bits per heavy atom. The predicted molar refractivity (Wildman–Crippen MR) is 54.3 cm³/mol. The maximum atomic E-state index is 13.6. The highest BCUT2D eigenvalue weighted by molar-refractivity contribution is 6.35. The number of rotatable bonds is 0. The summed E-state index contributed by atoms with van der Waals surface area (Å²) in [5.74, 6) is -0.550. The van der Waals surface area contributed by atoms with Crippen LogP contribution >= 0.6 is 23.2 Å². The molecule has 0 atom stereocenters. The molecule has 2 nitrogen and oxygen atoms in total. The van der Waals surface area contributed by atoms with Crippen LogP contribution in [0.5, 0.6) is 0 Å². The molecule has 1 heterocycles. The van der Waals surface area contributed by atoms with Gasteiger partial charge >= 0.3 is 0 Å². The molecule has 0 spiro atoms. The normalized spacial score (nSPS) is 10.9. The molecule has 0 radical (unpaired) electrons. The Kier molecular flexibility index (Phi) is 2.29. The van der Waals surface area contributed by atoms with E-state index in [9.17, 15) is 4.39 Å². The fourth-order valence-corrected chi connectivity index (χ4v) is 1.57. The lowest BCUT2D eigenvalue weighted by Crippen LogP contribution is -1.91. The molecule has 0 aliphatic heterocycles. The first-order valence-corrected chi connectivity index (χ1v) is 4.61. The number of hydrogen-bond donors (Lipinski definition) is 0. The number of nitrogens with zero attached hydrogens (tertiary/aromatic N) is 2. The fourth-order valence-electron chi connectivity index (χ4n) is 1.23. The number of halogens is 3. The average Bonchev–Trinajstić information content (AvgIpc) is 2.17. The van der Waals surface area contributed by atoms with Crippen molar-refractivity contribution in [2.24, 2.45) is 0 Å². The third-order valence-corrected chi connectivity index (χ3v) is 2.71. The van der Waals surface area contributed by atoms with Crippen LogP contribution in [0.25, 0.3) is 10.9 Å². The van der Waals surface area contributed by atoms with Gasteiger partial charge < -0.3 is 0 Å². The van der Waals surface area contributed by atoms with Gasteiger partial charge in [-0.05, 0) is 18.6 Å². The maximum absolute atomic E-state index is 13.6. The third-order valence-electron chi connectivity index (χ3n) is 1.94. The predicted octanol–water partition coefficient (Wildman–Crippen LogP) is 3.38. The average molecular weight is 231 g/mol. The van der Waals surface area contributed by atoms with Gasteiger partial charge in [-0.3, -0.25) is 0 Å². The van der Waals surface area contributed by atoms with Gasteiger partial charge in [0.2, 0.25) is 0 Å². The van der Waals surface area contributed by atoms with E-state index in [1.54, 1.807) is 13.0 Å². The summed E-state index contributed by atoms with van der Waals surface area (Å²) in [6.07, 6.45) is 1.21. The molecule has 0 saturated carbocycles. The van der Waals surface area contributed by atoms with Crippen LogP contribution in [0.4, 0.5) is 4.39 Å². The van der Waals surface area contributed by atoms with Crippen LogP contribution in [0.1, 0.15) is 5.56 Å². The highest BCUT2D eigenvalue weighted by atomic mass is 35.5. The minimum absolute atomic E-state index is 0.0762. The van der Waals surface area contributed by atoms with Crippen molar-refractivity contribution in [2.45, 2.75) is 6.92 Å². The zero-order valence-corrected chi connectivity index (χ0v) is 8.69. The first kappa shape index (κ1) is 9.62. The topological polar surface area (TPSA) is 25.8 Å². The molecule has 0 saturated heterocycles. The van der Waals surface area contributed by atoms with Crippen molar-refractivity contribution < 1.29 is 4.39 Å². The molecular formula is C9H5Cl2FN2. The maximum Gasteiger partial charge on any atom is 0.168 e. The summed E-state index contributed by atoms with van der Waals surface area (Å²) in [7, 11) is 0. The molecule has 72 valence electrons. The number of hydrogen-bond acceptors (Lipinski definition) is 2. The lowest BCUT2D eigenvalue weighted by molar-refractivity contribution is 0.636. The van der Waals surface area contributed by atoms with Gasteiger partial charge in [-0.1, -0.05) is 23.2 Å². The van der Waals surface area contributed by atoms with Crippen LogP contribution in [0.15, 0.2) is 12.4 Å². The summed E-state index contributed by atoms with van der Waals surface area (Å²) in [6.45, 7) is 1.70. The zero-order valence-electron chi connectivity index (χ0n) is 7.18. The minimum atomic E-state index is -0.550. The summed E-state index contributed by atoms with van der Waals surface area (Å²) in [4.78, 5) is 7.55. The van der Waals surface area contributed by atoms with Crippen LogP contribution < -0.4 is 0 Å². The van der Waals surface area contributed by atoms with Crippen molar-refractivity contribution in [2.75, 3.05) is 0 Å². The summed E-state index contributed by atoms with van der Waals surface area (Å²) < 4.78 is 13.6. The van der Waals surface area contributed by atoms with Crippen LogP contribution in [-0.2, 0) is 0 Å². The molecule has 2 aromatic rings. The number of aromatic nitrogens is 2. The molecule has 0 aliphatic carbocycles. The highest BCUT2D eigenvalue weighted by Gasteiger charge is 2.12. The van der Waals surface area contributed by atoms with E-state index in [0.717, 1.165) is 0 Å². The molecule has 0 bridgehead atoms. The third kappa shape index (κ3) is 1.33. The van der Waals surface area contributed by atoms with Crippen LogP contribution in [0, 0.1) is 12.7 Å². The quantitative estimate of drug-likeness (QED) is 0.649. The Bertz CT molecular complexity index is 514. The van der Waals surface area contributed by atoms with Crippen molar-refractivity contribution in [1.29, 1.82) is 0 Å². The van der Waals surface area contributed by atoms with Gasteiger partial charge in [0.05, 0.1) is 5.02 Å². The van der Waals surface area contributed by atoms with E-state index in [2.05, 4.69) is 9.97 Å². The van der Waals surface area contributed by atoms with E-state index in [4.69, 9.17) is 23.2 Å². The van der Waals surface area contributed by atoms with Gasteiger partial charge in [0.1, 0.15) is 17.0 Å². The molecule has 1 aromatic heterocycles. The van der Waals surface area contributed by atoms with Crippen LogP contribution in [0.2, 0.25) is 10.2 Å². The highest BCUT2D eigenvalue weighted by Crippen LogP contribution is 2.29. The van der Waals surface area contributed by atoms with E-state index < -0.39 is 5.82 Å². The van der Waals surface area contributed by atoms with Crippen molar-refractivity contribution in [3.8, 4) is 0 Å². The summed E-state index contributed by atoms with van der Waals surface area (Å²) in [5, 5.41) is 0.787. The van der Waals surface area contributed by atoms with Crippen LogP contribution in [-0.4, -0.2) is 9.97 Å². The van der Waals surface area contributed by atoms with Crippen molar-refractivity contribution >= 4 is 34.1 Å². The molecule has 14 heavy (non-hydrogen) atoms. The molecule has 1 aromatic carbocycles. The second-order valence-electron chi connectivity index (χ2n) is 2.88. The lowest BCUT2D eigenvalue weighted by atomic mass is 10.1. The lowest BCUT2D eigenvalue weighted by Gasteiger charge is -2.04. The fraction of sp³-hybridized carbons (Fsp3) is 0.111. The summed E-state index contributed by atoms with van der Waals surface area (Å²) in [6, 6.07) is 1.67. The molecule has 5 heteroatoms. The van der Waals surface area contributed by atoms with Crippen molar-refractivity contribution in [1.82, 2.24) is 9.97 Å². The second-order valence-corrected chi connectivity index (χ2v) is 3.62. The van der Waals surface area contributed by atoms with E-state index in [1.165, 1.54) is 6.33 Å². The van der Waals surface area contributed by atoms with Gasteiger partial charge in [-0.25, -0.2) is 14.4 Å².